The van der Waals surface area contributed by atoms with E-state index in [0.717, 1.165) is 6.07 Å². The zero-order chi connectivity index (χ0) is 13.3. The summed E-state index contributed by atoms with van der Waals surface area (Å²) in [6.07, 6.45) is 0. The number of nitrogens with zero attached hydrogens (tertiary/aromatic N) is 1. The summed E-state index contributed by atoms with van der Waals surface area (Å²) in [4.78, 5) is 33.2. The number of hydrogen-bond acceptors (Lipinski definition) is 5. The zero-order valence-electron chi connectivity index (χ0n) is 9.35. The van der Waals surface area contributed by atoms with E-state index in [1.807, 2.05) is 0 Å². The van der Waals surface area contributed by atoms with E-state index in [0.29, 0.717) is 0 Å². The highest BCUT2D eigenvalue weighted by Gasteiger charge is 2.18. The Bertz CT molecular complexity index is 730. The molecule has 1 heterocycles. The fourth-order valence-electron chi connectivity index (χ4n) is 1.61. The first-order valence-electron chi connectivity index (χ1n) is 5.10. The summed E-state index contributed by atoms with van der Waals surface area (Å²) in [6, 6.07) is 2.24. The van der Waals surface area contributed by atoms with Crippen molar-refractivity contribution in [2.45, 2.75) is 6.92 Å². The number of aromatic amines is 2. The molecule has 0 bridgehead atoms. The smallest absolute Gasteiger partial charge is 0.311 e. The third-order valence-electron chi connectivity index (χ3n) is 2.37. The van der Waals surface area contributed by atoms with Gasteiger partial charge in [-0.1, -0.05) is 0 Å². The maximum atomic E-state index is 11.5. The minimum atomic E-state index is -0.662. The molecule has 8 nitrogen and oxygen atoms in total. The summed E-state index contributed by atoms with van der Waals surface area (Å²) < 4.78 is 5.09. The van der Waals surface area contributed by atoms with E-state index < -0.39 is 16.0 Å². The number of ether oxygens (including phenoxy) is 1. The van der Waals surface area contributed by atoms with Gasteiger partial charge in [-0.05, 0) is 6.92 Å². The van der Waals surface area contributed by atoms with Crippen molar-refractivity contribution in [2.24, 2.45) is 0 Å². The number of hydrogen-bond donors (Lipinski definition) is 2. The van der Waals surface area contributed by atoms with Gasteiger partial charge in [-0.15, -0.1) is 0 Å². The third-order valence-corrected chi connectivity index (χ3v) is 2.37. The van der Waals surface area contributed by atoms with Crippen molar-refractivity contribution in [2.75, 3.05) is 6.61 Å². The molecule has 2 N–H and O–H groups in total. The molecule has 0 aliphatic carbocycles. The highest BCUT2D eigenvalue weighted by atomic mass is 16.6. The molecular formula is C10H9N3O5. The summed E-state index contributed by atoms with van der Waals surface area (Å²) >= 11 is 0. The van der Waals surface area contributed by atoms with Gasteiger partial charge in [-0.25, -0.2) is 0 Å². The monoisotopic (exact) mass is 251 g/mol. The zero-order valence-corrected chi connectivity index (χ0v) is 9.35. The van der Waals surface area contributed by atoms with Crippen LogP contribution in [0.4, 0.5) is 5.69 Å². The lowest BCUT2D eigenvalue weighted by Crippen LogP contribution is -2.19. The van der Waals surface area contributed by atoms with Crippen LogP contribution in [0, 0.1) is 10.1 Å². The number of nitro groups is 1. The van der Waals surface area contributed by atoms with Crippen molar-refractivity contribution >= 4 is 16.5 Å². The Kier molecular flexibility index (Phi) is 2.84. The average Bonchev–Trinajstić information content (AvgIpc) is 2.34. The van der Waals surface area contributed by atoms with E-state index >= 15 is 0 Å². The van der Waals surface area contributed by atoms with E-state index in [-0.39, 0.29) is 28.8 Å². The standard InChI is InChI=1S/C10H9N3O5/c1-2-18-8-4-6-5(3-7(8)13(16)17)9(14)11-12-10(6)15/h3-4H,2H2,1H3,(H,11,14)(H,12,15). The summed E-state index contributed by atoms with van der Waals surface area (Å²) in [6.45, 7) is 1.88. The van der Waals surface area contributed by atoms with Crippen molar-refractivity contribution in [3.63, 3.8) is 0 Å². The lowest BCUT2D eigenvalue weighted by molar-refractivity contribution is -0.385. The van der Waals surface area contributed by atoms with Crippen LogP contribution in [0.2, 0.25) is 0 Å². The van der Waals surface area contributed by atoms with Crippen molar-refractivity contribution < 1.29 is 9.66 Å². The number of fused-ring (bicyclic) bond motifs is 1. The molecule has 0 unspecified atom stereocenters. The molecular weight excluding hydrogens is 242 g/mol. The van der Waals surface area contributed by atoms with E-state index in [1.54, 1.807) is 6.92 Å². The van der Waals surface area contributed by atoms with Crippen LogP contribution >= 0.6 is 0 Å². The Morgan fingerprint density at radius 3 is 2.28 bits per heavy atom. The second-order valence-corrected chi connectivity index (χ2v) is 3.46. The van der Waals surface area contributed by atoms with Gasteiger partial charge in [0.1, 0.15) is 0 Å². The molecule has 0 spiro atoms. The first-order chi connectivity index (χ1) is 8.54. The number of nitro benzene ring substituents is 1. The minimum absolute atomic E-state index is 0.0360. The van der Waals surface area contributed by atoms with Gasteiger partial charge < -0.3 is 4.74 Å². The fraction of sp³-hybridized carbons (Fsp3) is 0.200. The molecule has 1 aromatic heterocycles. The van der Waals surface area contributed by atoms with Crippen molar-refractivity contribution in [1.82, 2.24) is 10.2 Å². The Morgan fingerprint density at radius 1 is 1.22 bits per heavy atom. The molecule has 0 atom stereocenters. The highest BCUT2D eigenvalue weighted by molar-refractivity contribution is 5.85. The normalized spacial score (nSPS) is 10.5. The SMILES string of the molecule is CCOc1cc2c(=O)[nH][nH]c(=O)c2cc1[N+](=O)[O-]. The van der Waals surface area contributed by atoms with Crippen LogP contribution in [0.1, 0.15) is 6.92 Å². The van der Waals surface area contributed by atoms with Crippen molar-refractivity contribution in [3.05, 3.63) is 43.0 Å². The topological polar surface area (TPSA) is 118 Å². The van der Waals surface area contributed by atoms with Gasteiger partial charge in [-0.3, -0.25) is 29.9 Å². The average molecular weight is 251 g/mol. The number of aromatic nitrogens is 2. The Balaban J connectivity index is 2.88. The maximum absolute atomic E-state index is 11.5. The van der Waals surface area contributed by atoms with Crippen LogP contribution in [-0.2, 0) is 0 Å². The molecule has 0 saturated carbocycles. The first-order valence-corrected chi connectivity index (χ1v) is 5.10. The Labute approximate surface area is 99.3 Å². The predicted molar refractivity (Wildman–Crippen MR) is 63.0 cm³/mol. The molecule has 0 fully saturated rings. The van der Waals surface area contributed by atoms with E-state index in [2.05, 4.69) is 10.2 Å². The van der Waals surface area contributed by atoms with Gasteiger partial charge in [0.15, 0.2) is 5.75 Å². The van der Waals surface area contributed by atoms with Crippen LogP contribution in [0.5, 0.6) is 5.75 Å². The Hall–Kier alpha value is -2.64. The molecule has 0 aliphatic heterocycles. The number of benzene rings is 1. The number of H-pyrrole nitrogens is 2. The maximum Gasteiger partial charge on any atom is 0.311 e. The second kappa shape index (κ2) is 4.32. The van der Waals surface area contributed by atoms with Gasteiger partial charge in [0, 0.05) is 12.1 Å². The van der Waals surface area contributed by atoms with Gasteiger partial charge in [0.05, 0.1) is 22.3 Å². The van der Waals surface area contributed by atoms with Crippen LogP contribution < -0.4 is 15.9 Å². The highest BCUT2D eigenvalue weighted by Crippen LogP contribution is 2.29. The molecule has 18 heavy (non-hydrogen) atoms. The predicted octanol–water partition coefficient (Wildman–Crippen LogP) is 0.523. The van der Waals surface area contributed by atoms with Crippen LogP contribution in [0.15, 0.2) is 21.7 Å². The fourth-order valence-corrected chi connectivity index (χ4v) is 1.61. The van der Waals surface area contributed by atoms with Crippen molar-refractivity contribution in [1.29, 1.82) is 0 Å². The first kappa shape index (κ1) is 11.8. The second-order valence-electron chi connectivity index (χ2n) is 3.46. The number of rotatable bonds is 3. The molecule has 2 aromatic rings. The summed E-state index contributed by atoms with van der Waals surface area (Å²) in [5, 5.41) is 15.1. The molecule has 2 rings (SSSR count). The van der Waals surface area contributed by atoms with Gasteiger partial charge in [-0.2, -0.15) is 0 Å². The van der Waals surface area contributed by atoms with Gasteiger partial charge in [0.2, 0.25) is 0 Å². The summed E-state index contributed by atoms with van der Waals surface area (Å²) in [5.74, 6) is -0.0360. The molecule has 0 saturated heterocycles. The molecule has 1 aromatic carbocycles. The van der Waals surface area contributed by atoms with E-state index in [4.69, 9.17) is 4.74 Å². The van der Waals surface area contributed by atoms with E-state index in [9.17, 15) is 19.7 Å². The quantitative estimate of drug-likeness (QED) is 0.609. The van der Waals surface area contributed by atoms with Crippen LogP contribution in [0.25, 0.3) is 10.8 Å². The van der Waals surface area contributed by atoms with E-state index in [1.165, 1.54) is 6.07 Å². The molecule has 0 aliphatic rings. The molecule has 0 amide bonds. The van der Waals surface area contributed by atoms with Gasteiger partial charge in [0.25, 0.3) is 11.1 Å². The Morgan fingerprint density at radius 2 is 1.78 bits per heavy atom. The molecule has 94 valence electrons. The van der Waals surface area contributed by atoms with Gasteiger partial charge >= 0.3 is 5.69 Å². The lowest BCUT2D eigenvalue weighted by Gasteiger charge is -2.05. The number of nitrogens with one attached hydrogen (secondary N) is 2. The van der Waals surface area contributed by atoms with Crippen LogP contribution in [0.3, 0.4) is 0 Å². The molecule has 8 heteroatoms. The third kappa shape index (κ3) is 1.83. The van der Waals surface area contributed by atoms with Crippen molar-refractivity contribution in [3.8, 4) is 5.75 Å². The minimum Gasteiger partial charge on any atom is -0.487 e. The largest absolute Gasteiger partial charge is 0.487 e. The van der Waals surface area contributed by atoms with Crippen LogP contribution in [-0.4, -0.2) is 21.7 Å². The molecule has 0 radical (unpaired) electrons. The summed E-state index contributed by atoms with van der Waals surface area (Å²) in [7, 11) is 0. The lowest BCUT2D eigenvalue weighted by atomic mass is 10.1. The summed E-state index contributed by atoms with van der Waals surface area (Å²) in [5.41, 5.74) is -1.49.